The molecule has 0 bridgehead atoms. The van der Waals surface area contributed by atoms with Crippen molar-refractivity contribution in [2.45, 2.75) is 19.3 Å². The second kappa shape index (κ2) is 7.60. The van der Waals surface area contributed by atoms with Gasteiger partial charge in [0.1, 0.15) is 22.6 Å². The van der Waals surface area contributed by atoms with Crippen LogP contribution in [0.2, 0.25) is 0 Å². The topological polar surface area (TPSA) is 96.0 Å². The second-order valence-electron chi connectivity index (χ2n) is 5.47. The van der Waals surface area contributed by atoms with E-state index in [0.717, 1.165) is 0 Å². The SMILES string of the molecule is O=C1CCCC(=O)Oc2ccccc2C(=O)OC(=O)c2ccccc2O1. The lowest BCUT2D eigenvalue weighted by Crippen LogP contribution is -2.19. The first-order chi connectivity index (χ1) is 12.5. The van der Waals surface area contributed by atoms with E-state index in [0.29, 0.717) is 0 Å². The van der Waals surface area contributed by atoms with Crippen molar-refractivity contribution in [3.05, 3.63) is 59.7 Å². The Bertz CT molecular complexity index is 813. The van der Waals surface area contributed by atoms with Gasteiger partial charge in [-0.1, -0.05) is 24.3 Å². The Morgan fingerprint density at radius 1 is 0.577 bits per heavy atom. The van der Waals surface area contributed by atoms with Crippen molar-refractivity contribution in [1.82, 2.24) is 0 Å². The predicted molar refractivity (Wildman–Crippen MR) is 87.8 cm³/mol. The summed E-state index contributed by atoms with van der Waals surface area (Å²) in [6, 6.07) is 11.9. The number of para-hydroxylation sites is 2. The number of carbonyl (C=O) groups excluding carboxylic acids is 4. The average molecular weight is 354 g/mol. The van der Waals surface area contributed by atoms with Crippen molar-refractivity contribution in [1.29, 1.82) is 0 Å². The Balaban J connectivity index is 1.98. The normalized spacial score (nSPS) is 15.7. The second-order valence-corrected chi connectivity index (χ2v) is 5.47. The molecule has 0 atom stereocenters. The zero-order valence-corrected chi connectivity index (χ0v) is 13.6. The molecule has 0 radical (unpaired) electrons. The van der Waals surface area contributed by atoms with E-state index in [-0.39, 0.29) is 41.9 Å². The molecule has 1 aliphatic heterocycles. The molecule has 0 saturated heterocycles. The zero-order chi connectivity index (χ0) is 18.5. The molecule has 0 aliphatic carbocycles. The summed E-state index contributed by atoms with van der Waals surface area (Å²) in [6.45, 7) is 0. The third-order valence-corrected chi connectivity index (χ3v) is 3.61. The van der Waals surface area contributed by atoms with Crippen LogP contribution in [0.3, 0.4) is 0 Å². The predicted octanol–water partition coefficient (Wildman–Crippen LogP) is 2.68. The van der Waals surface area contributed by atoms with E-state index in [9.17, 15) is 19.2 Å². The van der Waals surface area contributed by atoms with E-state index in [4.69, 9.17) is 14.2 Å². The van der Waals surface area contributed by atoms with Crippen LogP contribution >= 0.6 is 0 Å². The molecule has 7 nitrogen and oxygen atoms in total. The lowest BCUT2D eigenvalue weighted by Gasteiger charge is -2.12. The van der Waals surface area contributed by atoms with Gasteiger partial charge in [-0.25, -0.2) is 9.59 Å². The molecule has 132 valence electrons. The van der Waals surface area contributed by atoms with Crippen LogP contribution in [0.4, 0.5) is 0 Å². The summed E-state index contributed by atoms with van der Waals surface area (Å²) in [6.07, 6.45) is 0.151. The maximum Gasteiger partial charge on any atom is 0.349 e. The summed E-state index contributed by atoms with van der Waals surface area (Å²) in [5.74, 6) is -3.19. The maximum atomic E-state index is 12.3. The fourth-order valence-corrected chi connectivity index (χ4v) is 2.37. The Hall–Kier alpha value is -3.48. The van der Waals surface area contributed by atoms with Gasteiger partial charge in [-0.3, -0.25) is 9.59 Å². The first-order valence-corrected chi connectivity index (χ1v) is 7.90. The quantitative estimate of drug-likeness (QED) is 0.408. The molecule has 7 heteroatoms. The van der Waals surface area contributed by atoms with Crippen molar-refractivity contribution >= 4 is 23.9 Å². The first kappa shape index (κ1) is 17.3. The molecule has 0 fully saturated rings. The zero-order valence-electron chi connectivity index (χ0n) is 13.6. The number of hydrogen-bond acceptors (Lipinski definition) is 7. The highest BCUT2D eigenvalue weighted by Crippen LogP contribution is 2.24. The van der Waals surface area contributed by atoms with Crippen molar-refractivity contribution in [3.8, 4) is 11.5 Å². The van der Waals surface area contributed by atoms with Crippen molar-refractivity contribution in [2.24, 2.45) is 0 Å². The molecule has 0 amide bonds. The summed E-state index contributed by atoms with van der Waals surface area (Å²) in [5.41, 5.74) is -0.110. The number of cyclic esters (lactones) is 2. The summed E-state index contributed by atoms with van der Waals surface area (Å²) in [7, 11) is 0. The molecule has 1 heterocycles. The van der Waals surface area contributed by atoms with Gasteiger partial charge in [0.15, 0.2) is 0 Å². The molecular weight excluding hydrogens is 340 g/mol. The molecule has 1 aliphatic rings. The molecule has 0 N–H and O–H groups in total. The molecule has 0 saturated carbocycles. The van der Waals surface area contributed by atoms with E-state index in [2.05, 4.69) is 0 Å². The standard InChI is InChI=1S/C19H14O7/c20-16-10-5-11-17(21)25-15-9-4-2-7-13(15)19(23)26-18(22)12-6-1-3-8-14(12)24-16/h1-4,6-9H,5,10-11H2. The largest absolute Gasteiger partial charge is 0.426 e. The number of rotatable bonds is 0. The van der Waals surface area contributed by atoms with E-state index >= 15 is 0 Å². The van der Waals surface area contributed by atoms with Crippen molar-refractivity contribution < 1.29 is 33.4 Å². The Kier molecular flexibility index (Phi) is 5.07. The average Bonchev–Trinajstić information content (AvgIpc) is 2.61. The van der Waals surface area contributed by atoms with Crippen LogP contribution in [0.1, 0.15) is 40.0 Å². The molecule has 0 unspecified atom stereocenters. The van der Waals surface area contributed by atoms with Crippen LogP contribution < -0.4 is 9.47 Å². The van der Waals surface area contributed by atoms with Crippen LogP contribution in [0.5, 0.6) is 11.5 Å². The third kappa shape index (κ3) is 3.94. The van der Waals surface area contributed by atoms with Crippen LogP contribution in [0.25, 0.3) is 0 Å². The maximum absolute atomic E-state index is 12.3. The first-order valence-electron chi connectivity index (χ1n) is 7.90. The van der Waals surface area contributed by atoms with Crippen molar-refractivity contribution in [3.63, 3.8) is 0 Å². The van der Waals surface area contributed by atoms with Gasteiger partial charge in [-0.15, -0.1) is 0 Å². The molecule has 2 aromatic rings. The Labute approximate surface area is 148 Å². The van der Waals surface area contributed by atoms with Gasteiger partial charge in [0.05, 0.1) is 0 Å². The summed E-state index contributed by atoms with van der Waals surface area (Å²) in [4.78, 5) is 48.4. The van der Waals surface area contributed by atoms with E-state index in [1.165, 1.54) is 24.3 Å². The minimum Gasteiger partial charge on any atom is -0.426 e. The molecule has 3 rings (SSSR count). The number of fused-ring (bicyclic) bond motifs is 2. The summed E-state index contributed by atoms with van der Waals surface area (Å²) >= 11 is 0. The number of benzene rings is 2. The highest BCUT2D eigenvalue weighted by molar-refractivity contribution is 6.05. The molecule has 26 heavy (non-hydrogen) atoms. The fourth-order valence-electron chi connectivity index (χ4n) is 2.37. The van der Waals surface area contributed by atoms with E-state index in [1.807, 2.05) is 0 Å². The van der Waals surface area contributed by atoms with Gasteiger partial charge in [0.2, 0.25) is 0 Å². The van der Waals surface area contributed by atoms with Gasteiger partial charge < -0.3 is 14.2 Å². The molecular formula is C19H14O7. The molecule has 0 aromatic heterocycles. The van der Waals surface area contributed by atoms with Crippen LogP contribution in [0.15, 0.2) is 48.5 Å². The third-order valence-electron chi connectivity index (χ3n) is 3.61. The number of ether oxygens (including phenoxy) is 3. The Morgan fingerprint density at radius 2 is 1.00 bits per heavy atom. The van der Waals surface area contributed by atoms with E-state index in [1.54, 1.807) is 24.3 Å². The highest BCUT2D eigenvalue weighted by atomic mass is 16.6. The number of carbonyl (C=O) groups is 4. The highest BCUT2D eigenvalue weighted by Gasteiger charge is 2.23. The van der Waals surface area contributed by atoms with Gasteiger partial charge in [-0.05, 0) is 30.7 Å². The lowest BCUT2D eigenvalue weighted by molar-refractivity contribution is -0.136. The summed E-state index contributed by atoms with van der Waals surface area (Å²) in [5, 5.41) is 0. The van der Waals surface area contributed by atoms with Crippen molar-refractivity contribution in [2.75, 3.05) is 0 Å². The van der Waals surface area contributed by atoms with Gasteiger partial charge in [-0.2, -0.15) is 0 Å². The van der Waals surface area contributed by atoms with Crippen LogP contribution in [-0.2, 0) is 14.3 Å². The van der Waals surface area contributed by atoms with Gasteiger partial charge >= 0.3 is 23.9 Å². The van der Waals surface area contributed by atoms with Crippen LogP contribution in [-0.4, -0.2) is 23.9 Å². The minimum atomic E-state index is -0.975. The monoisotopic (exact) mass is 354 g/mol. The molecule has 2 aromatic carbocycles. The van der Waals surface area contributed by atoms with Crippen LogP contribution in [0, 0.1) is 0 Å². The minimum absolute atomic E-state index is 0.0109. The summed E-state index contributed by atoms with van der Waals surface area (Å²) < 4.78 is 15.2. The molecule has 0 spiro atoms. The number of esters is 4. The van der Waals surface area contributed by atoms with Gasteiger partial charge in [0, 0.05) is 12.8 Å². The Morgan fingerprint density at radius 3 is 1.46 bits per heavy atom. The lowest BCUT2D eigenvalue weighted by atomic mass is 10.1. The fraction of sp³-hybridized carbons (Fsp3) is 0.158. The van der Waals surface area contributed by atoms with Gasteiger partial charge in [0.25, 0.3) is 0 Å². The smallest absolute Gasteiger partial charge is 0.349 e. The number of hydrogen-bond donors (Lipinski definition) is 0. The van der Waals surface area contributed by atoms with E-state index < -0.39 is 23.9 Å².